The van der Waals surface area contributed by atoms with Gasteiger partial charge in [-0.2, -0.15) is 0 Å². The number of nitrogens with zero attached hydrogens (tertiary/aromatic N) is 1. The van der Waals surface area contributed by atoms with Crippen LogP contribution in [0.1, 0.15) is 45.0 Å². The van der Waals surface area contributed by atoms with Crippen LogP contribution in [0.4, 0.5) is 0 Å². The number of hydrogen-bond donors (Lipinski definition) is 1. The zero-order chi connectivity index (χ0) is 32.7. The number of ether oxygens (including phenoxy) is 5. The van der Waals surface area contributed by atoms with Gasteiger partial charge in [0.1, 0.15) is 19.3 Å². The molecule has 0 amide bonds. The molecule has 1 fully saturated rings. The van der Waals surface area contributed by atoms with Crippen molar-refractivity contribution in [1.29, 1.82) is 0 Å². The maximum absolute atomic E-state index is 13.1. The lowest BCUT2D eigenvalue weighted by Gasteiger charge is -2.33. The Balaban J connectivity index is 1.59. The van der Waals surface area contributed by atoms with E-state index in [1.165, 1.54) is 20.0 Å². The largest absolute Gasteiger partial charge is 0.459 e. The third-order valence-corrected chi connectivity index (χ3v) is 7.36. The number of esters is 3. The number of aromatic nitrogens is 2. The van der Waals surface area contributed by atoms with Gasteiger partial charge in [-0.25, -0.2) is 14.4 Å². The van der Waals surface area contributed by atoms with Gasteiger partial charge in [-0.3, -0.25) is 19.1 Å². The topological polar surface area (TPSA) is 152 Å². The smallest absolute Gasteiger partial charge is 0.338 e. The molecule has 0 aliphatic carbocycles. The van der Waals surface area contributed by atoms with E-state index in [0.29, 0.717) is 0 Å². The number of hydrogen-bond acceptors (Lipinski definition) is 10. The van der Waals surface area contributed by atoms with Gasteiger partial charge in [-0.05, 0) is 36.8 Å². The van der Waals surface area contributed by atoms with Crippen LogP contribution in [-0.4, -0.2) is 58.5 Å². The molecule has 1 aromatic heterocycles. The fourth-order valence-electron chi connectivity index (χ4n) is 5.10. The lowest BCUT2D eigenvalue weighted by molar-refractivity contribution is -0.167. The van der Waals surface area contributed by atoms with E-state index in [1.807, 2.05) is 30.3 Å². The molecule has 1 saturated heterocycles. The first kappa shape index (κ1) is 32.1. The van der Waals surface area contributed by atoms with Crippen LogP contribution in [0.3, 0.4) is 0 Å². The SMILES string of the molecule is CC(=O)O[C@H]1[C@H](n2cc(C)c(=O)[nH]c2=O)OC(COC(=O)c2ccccc2)(COC(=O)c2ccccc2)[C@@H]1OCc1ccccc1. The van der Waals surface area contributed by atoms with Crippen molar-refractivity contribution in [3.05, 3.63) is 140 Å². The van der Waals surface area contributed by atoms with Gasteiger partial charge in [0.2, 0.25) is 0 Å². The van der Waals surface area contributed by atoms with Gasteiger partial charge >= 0.3 is 23.6 Å². The second kappa shape index (κ2) is 14.2. The molecule has 1 aliphatic heterocycles. The Morgan fingerprint density at radius 2 is 1.35 bits per heavy atom. The van der Waals surface area contributed by atoms with Crippen LogP contribution in [0.5, 0.6) is 0 Å². The Hall–Kier alpha value is -5.33. The van der Waals surface area contributed by atoms with E-state index in [1.54, 1.807) is 60.7 Å². The van der Waals surface area contributed by atoms with Crippen LogP contribution in [0, 0.1) is 6.92 Å². The molecule has 2 heterocycles. The van der Waals surface area contributed by atoms with E-state index in [4.69, 9.17) is 23.7 Å². The highest BCUT2D eigenvalue weighted by Gasteiger charge is 2.60. The van der Waals surface area contributed by atoms with E-state index >= 15 is 0 Å². The molecule has 1 aliphatic rings. The van der Waals surface area contributed by atoms with Gasteiger partial charge in [-0.15, -0.1) is 0 Å². The molecule has 0 unspecified atom stereocenters. The van der Waals surface area contributed by atoms with E-state index < -0.39 is 66.4 Å². The second-order valence-corrected chi connectivity index (χ2v) is 10.7. The van der Waals surface area contributed by atoms with E-state index in [9.17, 15) is 24.0 Å². The summed E-state index contributed by atoms with van der Waals surface area (Å²) in [6.45, 7) is 1.59. The number of aromatic amines is 1. The summed E-state index contributed by atoms with van der Waals surface area (Å²) in [5.74, 6) is -2.13. The van der Waals surface area contributed by atoms with Crippen molar-refractivity contribution in [3.63, 3.8) is 0 Å². The zero-order valence-corrected chi connectivity index (χ0v) is 25.1. The van der Waals surface area contributed by atoms with Gasteiger partial charge in [0.05, 0.1) is 17.7 Å². The maximum Gasteiger partial charge on any atom is 0.338 e. The molecule has 3 aromatic carbocycles. The Kier molecular flexibility index (Phi) is 9.89. The van der Waals surface area contributed by atoms with Crippen LogP contribution in [0.15, 0.2) is 107 Å². The summed E-state index contributed by atoms with van der Waals surface area (Å²) in [7, 11) is 0. The van der Waals surface area contributed by atoms with Gasteiger partial charge in [0.25, 0.3) is 5.56 Å². The first-order chi connectivity index (χ1) is 22.2. The Morgan fingerprint density at radius 1 is 0.826 bits per heavy atom. The fraction of sp³-hybridized carbons (Fsp3) is 0.265. The van der Waals surface area contributed by atoms with E-state index in [-0.39, 0.29) is 23.3 Å². The number of nitrogens with one attached hydrogen (secondary N) is 1. The van der Waals surface area contributed by atoms with Crippen LogP contribution in [-0.2, 0) is 35.1 Å². The van der Waals surface area contributed by atoms with Crippen molar-refractivity contribution in [1.82, 2.24) is 9.55 Å². The maximum atomic E-state index is 13.1. The number of benzene rings is 3. The highest BCUT2D eigenvalue weighted by molar-refractivity contribution is 5.90. The van der Waals surface area contributed by atoms with Gasteiger partial charge in [-0.1, -0.05) is 66.7 Å². The summed E-state index contributed by atoms with van der Waals surface area (Å²) in [5, 5.41) is 0. The van der Waals surface area contributed by atoms with Crippen molar-refractivity contribution in [2.75, 3.05) is 13.2 Å². The quantitative estimate of drug-likeness (QED) is 0.193. The third-order valence-electron chi connectivity index (χ3n) is 7.36. The van der Waals surface area contributed by atoms with Crippen LogP contribution < -0.4 is 11.2 Å². The molecule has 0 spiro atoms. The molecule has 1 N–H and O–H groups in total. The lowest BCUT2D eigenvalue weighted by Crippen LogP contribution is -2.53. The second-order valence-electron chi connectivity index (χ2n) is 10.7. The molecule has 12 heteroatoms. The third kappa shape index (κ3) is 7.31. The summed E-state index contributed by atoms with van der Waals surface area (Å²) >= 11 is 0. The highest BCUT2D eigenvalue weighted by Crippen LogP contribution is 2.42. The lowest BCUT2D eigenvalue weighted by atomic mass is 9.96. The Labute approximate surface area is 263 Å². The molecular formula is C34H32N2O10. The zero-order valence-electron chi connectivity index (χ0n) is 25.1. The minimum atomic E-state index is -1.81. The standard InChI is InChI=1S/C34H32N2O10/c1-22-18-36(33(41)35-29(22)38)30-27(45-23(2)37)28(42-19-24-12-6-3-7-13-24)34(46-30,20-43-31(39)25-14-8-4-9-15-25)21-44-32(40)26-16-10-5-11-17-26/h3-18,27-28,30H,19-21H2,1-2H3,(H,35,38,41)/t27-,28-,30-/m1/s1. The summed E-state index contributed by atoms with van der Waals surface area (Å²) in [5.41, 5.74) is -1.84. The Bertz CT molecular complexity index is 1730. The fourth-order valence-corrected chi connectivity index (χ4v) is 5.10. The predicted octanol–water partition coefficient (Wildman–Crippen LogP) is 3.34. The summed E-state index contributed by atoms with van der Waals surface area (Å²) in [4.78, 5) is 66.2. The molecule has 0 saturated carbocycles. The van der Waals surface area contributed by atoms with Crippen LogP contribution >= 0.6 is 0 Å². The molecular weight excluding hydrogens is 596 g/mol. The average molecular weight is 629 g/mol. The average Bonchev–Trinajstić information content (AvgIpc) is 3.36. The monoisotopic (exact) mass is 628 g/mol. The van der Waals surface area contributed by atoms with Crippen molar-refractivity contribution >= 4 is 17.9 Å². The van der Waals surface area contributed by atoms with Crippen LogP contribution in [0.2, 0.25) is 0 Å². The molecule has 3 atom stereocenters. The van der Waals surface area contributed by atoms with Crippen molar-refractivity contribution < 1.29 is 38.1 Å². The first-order valence-corrected chi connectivity index (χ1v) is 14.4. The predicted molar refractivity (Wildman–Crippen MR) is 163 cm³/mol. The Morgan fingerprint density at radius 3 is 1.87 bits per heavy atom. The van der Waals surface area contributed by atoms with Gasteiger partial charge < -0.3 is 23.7 Å². The number of aryl methyl sites for hydroxylation is 1. The molecule has 4 aromatic rings. The van der Waals surface area contributed by atoms with Crippen molar-refractivity contribution in [2.24, 2.45) is 0 Å². The highest BCUT2D eigenvalue weighted by atomic mass is 16.7. The minimum absolute atomic E-state index is 0.0140. The molecule has 238 valence electrons. The van der Waals surface area contributed by atoms with Crippen molar-refractivity contribution in [3.8, 4) is 0 Å². The molecule has 5 rings (SSSR count). The minimum Gasteiger partial charge on any atom is -0.459 e. The molecule has 0 radical (unpaired) electrons. The molecule has 0 bridgehead atoms. The van der Waals surface area contributed by atoms with Gasteiger partial charge in [0, 0.05) is 18.7 Å². The number of rotatable bonds is 11. The van der Waals surface area contributed by atoms with E-state index in [0.717, 1.165) is 10.1 Å². The number of carbonyl (C=O) groups excluding carboxylic acids is 3. The van der Waals surface area contributed by atoms with Crippen molar-refractivity contribution in [2.45, 2.75) is 44.5 Å². The summed E-state index contributed by atoms with van der Waals surface area (Å²) in [6.07, 6.45) is -2.71. The first-order valence-electron chi connectivity index (χ1n) is 14.4. The van der Waals surface area contributed by atoms with Gasteiger partial charge in [0.15, 0.2) is 17.9 Å². The number of H-pyrrole nitrogens is 1. The number of carbonyl (C=O) groups is 3. The van der Waals surface area contributed by atoms with E-state index in [2.05, 4.69) is 4.98 Å². The summed E-state index contributed by atoms with van der Waals surface area (Å²) in [6, 6.07) is 25.5. The molecule has 46 heavy (non-hydrogen) atoms. The van der Waals surface area contributed by atoms with Crippen LogP contribution in [0.25, 0.3) is 0 Å². The normalized spacial score (nSPS) is 18.4. The molecule has 12 nitrogen and oxygen atoms in total. The summed E-state index contributed by atoms with van der Waals surface area (Å²) < 4.78 is 31.1.